The number of rotatable bonds is 5. The van der Waals surface area contributed by atoms with Gasteiger partial charge in [-0.3, -0.25) is 9.36 Å². The highest BCUT2D eigenvalue weighted by Gasteiger charge is 2.23. The van der Waals surface area contributed by atoms with Crippen LogP contribution in [0.15, 0.2) is 53.3 Å². The van der Waals surface area contributed by atoms with Crippen LogP contribution in [0.2, 0.25) is 0 Å². The first-order valence-electron chi connectivity index (χ1n) is 9.68. The number of likely N-dealkylation sites (tertiary alicyclic amines) is 1. The Kier molecular flexibility index (Phi) is 5.16. The summed E-state index contributed by atoms with van der Waals surface area (Å²) in [6.45, 7) is 3.17. The summed E-state index contributed by atoms with van der Waals surface area (Å²) in [5, 5.41) is 2.94. The predicted molar refractivity (Wildman–Crippen MR) is 110 cm³/mol. The number of carbonyl (C=O) groups excluding carboxylic acids is 1. The molecule has 1 aromatic heterocycles. The van der Waals surface area contributed by atoms with Gasteiger partial charge in [-0.15, -0.1) is 0 Å². The maximum absolute atomic E-state index is 12.4. The molecule has 4 N–H and O–H groups in total. The van der Waals surface area contributed by atoms with Crippen molar-refractivity contribution >= 4 is 22.6 Å². The fourth-order valence-corrected chi connectivity index (χ4v) is 3.96. The van der Waals surface area contributed by atoms with Gasteiger partial charge >= 0.3 is 5.69 Å². The van der Waals surface area contributed by atoms with Crippen molar-refractivity contribution in [3.63, 3.8) is 0 Å². The highest BCUT2D eigenvalue weighted by molar-refractivity contribution is 5.99. The van der Waals surface area contributed by atoms with Crippen molar-refractivity contribution in [2.45, 2.75) is 18.9 Å². The van der Waals surface area contributed by atoms with Crippen LogP contribution in [-0.2, 0) is 0 Å². The van der Waals surface area contributed by atoms with Crippen molar-refractivity contribution in [3.05, 3.63) is 64.6 Å². The molecule has 1 fully saturated rings. The van der Waals surface area contributed by atoms with E-state index in [2.05, 4.69) is 15.2 Å². The Hall–Kier alpha value is -3.06. The van der Waals surface area contributed by atoms with Crippen LogP contribution in [0.25, 0.3) is 11.0 Å². The molecule has 7 nitrogen and oxygen atoms in total. The molecule has 0 radical (unpaired) electrons. The highest BCUT2D eigenvalue weighted by atomic mass is 16.2. The van der Waals surface area contributed by atoms with Gasteiger partial charge in [-0.05, 0) is 37.1 Å². The minimum Gasteiger partial charge on any atom is -0.398 e. The number of piperidine rings is 1. The Balaban J connectivity index is 1.30. The van der Waals surface area contributed by atoms with E-state index in [0.29, 0.717) is 17.8 Å². The summed E-state index contributed by atoms with van der Waals surface area (Å²) < 4.78 is 1.90. The van der Waals surface area contributed by atoms with Crippen molar-refractivity contribution < 1.29 is 4.79 Å². The molecule has 1 saturated heterocycles. The summed E-state index contributed by atoms with van der Waals surface area (Å²) in [6.07, 6.45) is 1.84. The lowest BCUT2D eigenvalue weighted by Crippen LogP contribution is -2.41. The number of hydrogen-bond acceptors (Lipinski definition) is 4. The highest BCUT2D eigenvalue weighted by Crippen LogP contribution is 2.24. The summed E-state index contributed by atoms with van der Waals surface area (Å²) in [5.74, 6) is -0.140. The second kappa shape index (κ2) is 7.90. The molecule has 1 aliphatic heterocycles. The topological polar surface area (TPSA) is 96.2 Å². The molecule has 146 valence electrons. The van der Waals surface area contributed by atoms with E-state index in [1.165, 1.54) is 0 Å². The lowest BCUT2D eigenvalue weighted by atomic mass is 10.0. The zero-order chi connectivity index (χ0) is 19.5. The molecular weight excluding hydrogens is 354 g/mol. The molecule has 1 aliphatic rings. The van der Waals surface area contributed by atoms with E-state index in [-0.39, 0.29) is 17.6 Å². The minimum absolute atomic E-state index is 0.0348. The SMILES string of the molecule is Nc1ccccc1C(=O)NCCN1CCC(n2c(=O)[nH]c3ccccc32)CC1. The standard InChI is InChI=1S/C21H25N5O2/c22-17-6-2-1-5-16(17)20(27)23-11-14-25-12-9-15(10-13-25)26-19-8-4-3-7-18(19)24-21(26)28/h1-8,15H,9-14,22H2,(H,23,27)(H,24,28). The van der Waals surface area contributed by atoms with E-state index in [1.54, 1.807) is 12.1 Å². The number of hydrogen-bond donors (Lipinski definition) is 3. The number of nitrogens with one attached hydrogen (secondary N) is 2. The summed E-state index contributed by atoms with van der Waals surface area (Å²) in [4.78, 5) is 29.9. The van der Waals surface area contributed by atoms with Gasteiger partial charge in [0.1, 0.15) is 0 Å². The molecule has 7 heteroatoms. The maximum atomic E-state index is 12.4. The monoisotopic (exact) mass is 379 g/mol. The smallest absolute Gasteiger partial charge is 0.326 e. The van der Waals surface area contributed by atoms with E-state index < -0.39 is 0 Å². The predicted octanol–water partition coefficient (Wildman–Crippen LogP) is 1.98. The molecular formula is C21H25N5O2. The number of benzene rings is 2. The van der Waals surface area contributed by atoms with Gasteiger partial charge in [0, 0.05) is 37.9 Å². The number of nitrogens with zero attached hydrogens (tertiary/aromatic N) is 2. The number of imidazole rings is 1. The molecule has 3 aromatic rings. The van der Waals surface area contributed by atoms with Crippen LogP contribution in [0.4, 0.5) is 5.69 Å². The molecule has 4 rings (SSSR count). The Morgan fingerprint density at radius 3 is 2.61 bits per heavy atom. The van der Waals surface area contributed by atoms with Gasteiger partial charge in [0.2, 0.25) is 0 Å². The van der Waals surface area contributed by atoms with Gasteiger partial charge < -0.3 is 20.9 Å². The molecule has 0 spiro atoms. The Morgan fingerprint density at radius 2 is 1.82 bits per heavy atom. The molecule has 2 heterocycles. The molecule has 0 atom stereocenters. The number of fused-ring (bicyclic) bond motifs is 1. The van der Waals surface area contributed by atoms with Gasteiger partial charge in [0.15, 0.2) is 0 Å². The molecule has 0 unspecified atom stereocenters. The minimum atomic E-state index is -0.140. The fraction of sp³-hybridized carbons (Fsp3) is 0.333. The van der Waals surface area contributed by atoms with E-state index in [4.69, 9.17) is 5.73 Å². The molecule has 2 aromatic carbocycles. The first-order valence-corrected chi connectivity index (χ1v) is 9.68. The largest absolute Gasteiger partial charge is 0.398 e. The van der Waals surface area contributed by atoms with Crippen molar-refractivity contribution in [2.24, 2.45) is 0 Å². The zero-order valence-electron chi connectivity index (χ0n) is 15.7. The Labute approximate surface area is 163 Å². The Bertz CT molecular complexity index is 1030. The van der Waals surface area contributed by atoms with Gasteiger partial charge in [-0.1, -0.05) is 24.3 Å². The average molecular weight is 379 g/mol. The second-order valence-electron chi connectivity index (χ2n) is 7.23. The molecule has 0 aliphatic carbocycles. The second-order valence-corrected chi connectivity index (χ2v) is 7.23. The van der Waals surface area contributed by atoms with Crippen LogP contribution < -0.4 is 16.7 Å². The third kappa shape index (κ3) is 3.66. The van der Waals surface area contributed by atoms with Crippen molar-refractivity contribution in [2.75, 3.05) is 31.9 Å². The van der Waals surface area contributed by atoms with E-state index in [0.717, 1.165) is 43.5 Å². The molecule has 0 saturated carbocycles. The zero-order valence-corrected chi connectivity index (χ0v) is 15.7. The number of nitrogens with two attached hydrogens (primary N) is 1. The number of aromatic amines is 1. The van der Waals surface area contributed by atoms with Crippen LogP contribution in [0, 0.1) is 0 Å². The van der Waals surface area contributed by atoms with Crippen molar-refractivity contribution in [1.29, 1.82) is 0 Å². The Morgan fingerprint density at radius 1 is 1.11 bits per heavy atom. The number of anilines is 1. The summed E-state index contributed by atoms with van der Waals surface area (Å²) in [7, 11) is 0. The van der Waals surface area contributed by atoms with Crippen LogP contribution >= 0.6 is 0 Å². The number of H-pyrrole nitrogens is 1. The van der Waals surface area contributed by atoms with Crippen molar-refractivity contribution in [1.82, 2.24) is 19.8 Å². The molecule has 28 heavy (non-hydrogen) atoms. The van der Waals surface area contributed by atoms with Gasteiger partial charge in [-0.2, -0.15) is 0 Å². The molecule has 1 amide bonds. The van der Waals surface area contributed by atoms with Crippen LogP contribution in [0.5, 0.6) is 0 Å². The maximum Gasteiger partial charge on any atom is 0.326 e. The van der Waals surface area contributed by atoms with Crippen LogP contribution in [0.1, 0.15) is 29.2 Å². The van der Waals surface area contributed by atoms with E-state index in [1.807, 2.05) is 41.0 Å². The lowest BCUT2D eigenvalue weighted by molar-refractivity contribution is 0.0945. The van der Waals surface area contributed by atoms with Crippen molar-refractivity contribution in [3.8, 4) is 0 Å². The number of carbonyl (C=O) groups is 1. The van der Waals surface area contributed by atoms with Crippen LogP contribution in [0.3, 0.4) is 0 Å². The summed E-state index contributed by atoms with van der Waals surface area (Å²) >= 11 is 0. The van der Waals surface area contributed by atoms with E-state index in [9.17, 15) is 9.59 Å². The lowest BCUT2D eigenvalue weighted by Gasteiger charge is -2.32. The van der Waals surface area contributed by atoms with E-state index >= 15 is 0 Å². The summed E-state index contributed by atoms with van der Waals surface area (Å²) in [5.41, 5.74) is 8.68. The van der Waals surface area contributed by atoms with Gasteiger partial charge in [0.05, 0.1) is 16.6 Å². The number of aromatic nitrogens is 2. The van der Waals surface area contributed by atoms with Gasteiger partial charge in [0.25, 0.3) is 5.91 Å². The first kappa shape index (κ1) is 18.3. The third-order valence-corrected chi connectivity index (χ3v) is 5.47. The number of amides is 1. The van der Waals surface area contributed by atoms with Crippen LogP contribution in [-0.4, -0.2) is 46.5 Å². The third-order valence-electron chi connectivity index (χ3n) is 5.47. The fourth-order valence-electron chi connectivity index (χ4n) is 3.96. The van der Waals surface area contributed by atoms with Gasteiger partial charge in [-0.25, -0.2) is 4.79 Å². The quantitative estimate of drug-likeness (QED) is 0.591. The summed E-state index contributed by atoms with van der Waals surface area (Å²) in [6, 6.07) is 15.1. The first-order chi connectivity index (χ1) is 13.6. The number of nitrogen functional groups attached to an aromatic ring is 1. The number of para-hydroxylation sites is 3. The average Bonchev–Trinajstić information content (AvgIpc) is 3.04. The molecule has 0 bridgehead atoms. The normalized spacial score (nSPS) is 15.7.